The number of hydrogen-bond donors (Lipinski definition) is 1. The number of nitrogens with zero attached hydrogens (tertiary/aromatic N) is 3. The van der Waals surface area contributed by atoms with E-state index in [0.717, 1.165) is 12.8 Å². The van der Waals surface area contributed by atoms with Gasteiger partial charge in [-0.15, -0.1) is 0 Å². The first-order chi connectivity index (χ1) is 13.9. The number of nitrogens with one attached hydrogen (secondary N) is 1. The monoisotopic (exact) mass is 402 g/mol. The zero-order valence-electron chi connectivity index (χ0n) is 17.9. The summed E-state index contributed by atoms with van der Waals surface area (Å²) in [4.78, 5) is 31.8. The third-order valence-electron chi connectivity index (χ3n) is 7.20. The van der Waals surface area contributed by atoms with E-state index in [1.807, 2.05) is 25.7 Å². The number of carbonyl (C=O) groups is 2. The largest absolute Gasteiger partial charge is 0.353 e. The van der Waals surface area contributed by atoms with E-state index in [2.05, 4.69) is 15.5 Å². The Hall–Kier alpha value is -1.92. The van der Waals surface area contributed by atoms with Gasteiger partial charge in [0, 0.05) is 31.5 Å². The van der Waals surface area contributed by atoms with E-state index in [4.69, 9.17) is 4.52 Å². The van der Waals surface area contributed by atoms with Crippen LogP contribution in [0.4, 0.5) is 0 Å². The summed E-state index contributed by atoms with van der Waals surface area (Å²) in [5, 5.41) is 7.30. The van der Waals surface area contributed by atoms with E-state index in [-0.39, 0.29) is 35.1 Å². The highest BCUT2D eigenvalue weighted by atomic mass is 16.5. The van der Waals surface area contributed by atoms with Crippen molar-refractivity contribution in [2.75, 3.05) is 13.1 Å². The second-order valence-corrected chi connectivity index (χ2v) is 9.79. The maximum atomic E-state index is 12.7. The van der Waals surface area contributed by atoms with Crippen LogP contribution in [-0.4, -0.2) is 46.0 Å². The molecule has 1 saturated heterocycles. The predicted octanol–water partition coefficient (Wildman–Crippen LogP) is 2.98. The fourth-order valence-electron chi connectivity index (χ4n) is 5.78. The summed E-state index contributed by atoms with van der Waals surface area (Å²) in [5.41, 5.74) is -0.339. The van der Waals surface area contributed by atoms with E-state index in [9.17, 15) is 9.59 Å². The molecule has 160 valence electrons. The minimum atomic E-state index is -0.339. The van der Waals surface area contributed by atoms with E-state index >= 15 is 0 Å². The standard InChI is InChI=1S/C22H34N4O3/c1-14(2)20(28)26-12-17-10-18(24-19(27)9-16-7-5-4-6-8-16)11-22(17,13-26)21-23-15(3)25-29-21/h14,16-18H,4-13H2,1-3H3,(H,24,27)/t17-,18+,22-/m0/s1. The Balaban J connectivity index is 1.45. The molecule has 1 aromatic rings. The summed E-state index contributed by atoms with van der Waals surface area (Å²) >= 11 is 0. The molecule has 7 nitrogen and oxygen atoms in total. The minimum Gasteiger partial charge on any atom is -0.353 e. The van der Waals surface area contributed by atoms with Crippen LogP contribution in [0.15, 0.2) is 4.52 Å². The Morgan fingerprint density at radius 2 is 2.03 bits per heavy atom. The summed E-state index contributed by atoms with van der Waals surface area (Å²) in [6.07, 6.45) is 8.44. The highest BCUT2D eigenvalue weighted by molar-refractivity contribution is 5.79. The molecule has 29 heavy (non-hydrogen) atoms. The lowest BCUT2D eigenvalue weighted by molar-refractivity contribution is -0.134. The van der Waals surface area contributed by atoms with Gasteiger partial charge in [-0.1, -0.05) is 38.3 Å². The second-order valence-electron chi connectivity index (χ2n) is 9.79. The molecule has 3 fully saturated rings. The summed E-state index contributed by atoms with van der Waals surface area (Å²) in [6, 6.07) is 0.111. The van der Waals surface area contributed by atoms with Crippen LogP contribution in [0, 0.1) is 24.7 Å². The average Bonchev–Trinajstić information content (AvgIpc) is 3.34. The van der Waals surface area contributed by atoms with Crippen LogP contribution >= 0.6 is 0 Å². The smallest absolute Gasteiger partial charge is 0.235 e. The van der Waals surface area contributed by atoms with E-state index in [0.29, 0.717) is 37.1 Å². The van der Waals surface area contributed by atoms with Crippen molar-refractivity contribution in [1.82, 2.24) is 20.4 Å². The van der Waals surface area contributed by atoms with E-state index in [1.54, 1.807) is 0 Å². The summed E-state index contributed by atoms with van der Waals surface area (Å²) in [7, 11) is 0. The molecule has 4 rings (SSSR count). The summed E-state index contributed by atoms with van der Waals surface area (Å²) in [5.74, 6) is 2.35. The lowest BCUT2D eigenvalue weighted by Gasteiger charge is -2.26. The zero-order chi connectivity index (χ0) is 20.6. The highest BCUT2D eigenvalue weighted by Crippen LogP contribution is 2.50. The van der Waals surface area contributed by atoms with Gasteiger partial charge in [0.05, 0.1) is 5.41 Å². The molecule has 0 aromatic carbocycles. The molecule has 2 heterocycles. The van der Waals surface area contributed by atoms with Gasteiger partial charge in [0.15, 0.2) is 5.82 Å². The first-order valence-corrected chi connectivity index (χ1v) is 11.3. The predicted molar refractivity (Wildman–Crippen MR) is 108 cm³/mol. The Kier molecular flexibility index (Phi) is 5.67. The first kappa shape index (κ1) is 20.4. The van der Waals surface area contributed by atoms with Crippen LogP contribution in [0.5, 0.6) is 0 Å². The Bertz CT molecular complexity index is 755. The van der Waals surface area contributed by atoms with Gasteiger partial charge in [-0.05, 0) is 44.4 Å². The van der Waals surface area contributed by atoms with Crippen molar-refractivity contribution < 1.29 is 14.1 Å². The van der Waals surface area contributed by atoms with Gasteiger partial charge in [-0.3, -0.25) is 9.59 Å². The van der Waals surface area contributed by atoms with Crippen molar-refractivity contribution in [3.63, 3.8) is 0 Å². The topological polar surface area (TPSA) is 88.3 Å². The normalized spacial score (nSPS) is 30.0. The van der Waals surface area contributed by atoms with Crippen LogP contribution in [0.2, 0.25) is 0 Å². The van der Waals surface area contributed by atoms with Crippen molar-refractivity contribution in [2.24, 2.45) is 17.8 Å². The zero-order valence-corrected chi connectivity index (χ0v) is 17.9. The number of rotatable bonds is 5. The highest BCUT2D eigenvalue weighted by Gasteiger charge is 2.58. The number of amides is 2. The van der Waals surface area contributed by atoms with Crippen LogP contribution in [-0.2, 0) is 15.0 Å². The lowest BCUT2D eigenvalue weighted by Crippen LogP contribution is -2.40. The van der Waals surface area contributed by atoms with Gasteiger partial charge in [-0.25, -0.2) is 0 Å². The Morgan fingerprint density at radius 1 is 1.28 bits per heavy atom. The van der Waals surface area contributed by atoms with Crippen molar-refractivity contribution in [2.45, 2.75) is 83.6 Å². The summed E-state index contributed by atoms with van der Waals surface area (Å²) < 4.78 is 5.60. The van der Waals surface area contributed by atoms with Crippen LogP contribution in [0.1, 0.15) is 76.9 Å². The number of fused-ring (bicyclic) bond motifs is 1. The van der Waals surface area contributed by atoms with Gasteiger partial charge < -0.3 is 14.7 Å². The van der Waals surface area contributed by atoms with Gasteiger partial charge in [0.2, 0.25) is 17.7 Å². The van der Waals surface area contributed by atoms with Gasteiger partial charge >= 0.3 is 0 Å². The molecule has 3 aliphatic rings. The minimum absolute atomic E-state index is 0.0266. The molecule has 0 unspecified atom stereocenters. The first-order valence-electron chi connectivity index (χ1n) is 11.3. The van der Waals surface area contributed by atoms with Crippen molar-refractivity contribution in [3.05, 3.63) is 11.7 Å². The van der Waals surface area contributed by atoms with Crippen molar-refractivity contribution in [3.8, 4) is 0 Å². The molecule has 0 bridgehead atoms. The molecule has 1 N–H and O–H groups in total. The fraction of sp³-hybridized carbons (Fsp3) is 0.818. The van der Waals surface area contributed by atoms with Crippen LogP contribution in [0.3, 0.4) is 0 Å². The molecule has 3 atom stereocenters. The van der Waals surface area contributed by atoms with Crippen molar-refractivity contribution >= 4 is 11.8 Å². The van der Waals surface area contributed by atoms with Crippen LogP contribution in [0.25, 0.3) is 0 Å². The lowest BCUT2D eigenvalue weighted by atomic mass is 9.80. The van der Waals surface area contributed by atoms with E-state index < -0.39 is 0 Å². The molecule has 1 aliphatic heterocycles. The second kappa shape index (κ2) is 8.07. The number of hydrogen-bond acceptors (Lipinski definition) is 5. The fourth-order valence-corrected chi connectivity index (χ4v) is 5.78. The maximum absolute atomic E-state index is 12.7. The molecule has 2 saturated carbocycles. The third-order valence-corrected chi connectivity index (χ3v) is 7.20. The van der Waals surface area contributed by atoms with Crippen molar-refractivity contribution in [1.29, 1.82) is 0 Å². The number of aromatic nitrogens is 2. The molecule has 7 heteroatoms. The van der Waals surface area contributed by atoms with Gasteiger partial charge in [0.1, 0.15) is 0 Å². The van der Waals surface area contributed by atoms with Crippen LogP contribution < -0.4 is 5.32 Å². The van der Waals surface area contributed by atoms with Gasteiger partial charge in [-0.2, -0.15) is 4.98 Å². The molecule has 0 spiro atoms. The molecule has 0 radical (unpaired) electrons. The molecular weight excluding hydrogens is 368 g/mol. The quantitative estimate of drug-likeness (QED) is 0.818. The molecule has 2 amide bonds. The number of likely N-dealkylation sites (tertiary alicyclic amines) is 1. The Morgan fingerprint density at radius 3 is 2.69 bits per heavy atom. The molecular formula is C22H34N4O3. The molecule has 2 aliphatic carbocycles. The SMILES string of the molecule is Cc1noc([C@]23C[C@H](NC(=O)CC4CCCCC4)C[C@H]2CN(C(=O)C(C)C)C3)n1. The number of aryl methyl sites for hydroxylation is 1. The molecule has 1 aromatic heterocycles. The van der Waals surface area contributed by atoms with Gasteiger partial charge in [0.25, 0.3) is 0 Å². The van der Waals surface area contributed by atoms with E-state index in [1.165, 1.54) is 32.1 Å². The summed E-state index contributed by atoms with van der Waals surface area (Å²) in [6.45, 7) is 7.00. The third kappa shape index (κ3) is 4.05. The number of carbonyl (C=O) groups excluding carboxylic acids is 2. The average molecular weight is 403 g/mol. The maximum Gasteiger partial charge on any atom is 0.235 e. The Labute approximate surface area is 173 Å².